The number of halogens is 2. The van der Waals surface area contributed by atoms with Gasteiger partial charge in [-0.05, 0) is 49.0 Å². The number of ketones is 1. The van der Waals surface area contributed by atoms with E-state index in [1.54, 1.807) is 25.1 Å². The van der Waals surface area contributed by atoms with E-state index in [2.05, 4.69) is 0 Å². The molecule has 0 saturated heterocycles. The SMILES string of the molecule is Cc1ccc(F)c(C(=O)Cc2ccc3c(c2)B(O)OC3(C)C)c1Cl. The minimum Gasteiger partial charge on any atom is -0.423 e. The fourth-order valence-electron chi connectivity index (χ4n) is 3.07. The predicted molar refractivity (Wildman–Crippen MR) is 92.3 cm³/mol. The highest BCUT2D eigenvalue weighted by atomic mass is 35.5. The van der Waals surface area contributed by atoms with Gasteiger partial charge in [0.25, 0.3) is 0 Å². The molecule has 0 aliphatic carbocycles. The zero-order valence-corrected chi connectivity index (χ0v) is 14.4. The summed E-state index contributed by atoms with van der Waals surface area (Å²) in [5.74, 6) is -1.02. The van der Waals surface area contributed by atoms with E-state index in [0.717, 1.165) is 5.56 Å². The summed E-state index contributed by atoms with van der Waals surface area (Å²) in [6.45, 7) is 5.47. The first-order valence-corrected chi connectivity index (χ1v) is 8.05. The molecule has 124 valence electrons. The van der Waals surface area contributed by atoms with Gasteiger partial charge in [-0.1, -0.05) is 35.9 Å². The normalized spacial score (nSPS) is 15.5. The van der Waals surface area contributed by atoms with Crippen LogP contribution in [0.1, 0.15) is 40.9 Å². The summed E-state index contributed by atoms with van der Waals surface area (Å²) in [5, 5.41) is 10.2. The molecule has 0 fully saturated rings. The smallest absolute Gasteiger partial charge is 0.423 e. The second-order valence-electron chi connectivity index (χ2n) is 6.56. The van der Waals surface area contributed by atoms with Gasteiger partial charge < -0.3 is 9.68 Å². The van der Waals surface area contributed by atoms with Gasteiger partial charge in [0.05, 0.1) is 16.2 Å². The van der Waals surface area contributed by atoms with Crippen LogP contribution in [-0.4, -0.2) is 17.9 Å². The molecule has 1 aliphatic rings. The molecule has 6 heteroatoms. The predicted octanol–water partition coefficient (Wildman–Crippen LogP) is 3.17. The largest absolute Gasteiger partial charge is 0.492 e. The zero-order valence-electron chi connectivity index (χ0n) is 13.7. The number of hydrogen-bond acceptors (Lipinski definition) is 3. The summed E-state index contributed by atoms with van der Waals surface area (Å²) >= 11 is 6.09. The van der Waals surface area contributed by atoms with Crippen LogP contribution in [0.15, 0.2) is 30.3 Å². The zero-order chi connectivity index (χ0) is 17.6. The van der Waals surface area contributed by atoms with Crippen LogP contribution in [0.4, 0.5) is 4.39 Å². The lowest BCUT2D eigenvalue weighted by Gasteiger charge is -2.19. The van der Waals surface area contributed by atoms with E-state index >= 15 is 0 Å². The topological polar surface area (TPSA) is 46.5 Å². The number of aryl methyl sites for hydroxylation is 1. The van der Waals surface area contributed by atoms with Gasteiger partial charge in [0.2, 0.25) is 0 Å². The van der Waals surface area contributed by atoms with Crippen molar-refractivity contribution >= 4 is 30.0 Å². The van der Waals surface area contributed by atoms with Crippen molar-refractivity contribution in [3.05, 3.63) is 63.4 Å². The van der Waals surface area contributed by atoms with E-state index in [9.17, 15) is 14.2 Å². The van der Waals surface area contributed by atoms with E-state index in [1.807, 2.05) is 19.9 Å². The third-order valence-corrected chi connectivity index (χ3v) is 4.85. The highest BCUT2D eigenvalue weighted by molar-refractivity contribution is 6.62. The molecule has 0 atom stereocenters. The quantitative estimate of drug-likeness (QED) is 0.686. The first-order valence-electron chi connectivity index (χ1n) is 7.67. The maximum atomic E-state index is 14.0. The summed E-state index contributed by atoms with van der Waals surface area (Å²) in [4.78, 5) is 12.5. The van der Waals surface area contributed by atoms with Crippen molar-refractivity contribution in [2.45, 2.75) is 32.8 Å². The Morgan fingerprint density at radius 2 is 2.04 bits per heavy atom. The van der Waals surface area contributed by atoms with E-state index in [-0.39, 0.29) is 17.0 Å². The molecular weight excluding hydrogens is 329 g/mol. The molecule has 0 bridgehead atoms. The van der Waals surface area contributed by atoms with Crippen molar-refractivity contribution in [3.63, 3.8) is 0 Å². The average Bonchev–Trinajstić information content (AvgIpc) is 2.73. The van der Waals surface area contributed by atoms with E-state index in [0.29, 0.717) is 16.6 Å². The van der Waals surface area contributed by atoms with Gasteiger partial charge in [-0.15, -0.1) is 0 Å². The van der Waals surface area contributed by atoms with Crippen LogP contribution in [0, 0.1) is 12.7 Å². The van der Waals surface area contributed by atoms with Crippen LogP contribution >= 0.6 is 11.6 Å². The van der Waals surface area contributed by atoms with Crippen LogP contribution in [0.3, 0.4) is 0 Å². The lowest BCUT2D eigenvalue weighted by Crippen LogP contribution is -2.29. The standard InChI is InChI=1S/C18H17BClFO3/c1-10-4-7-14(21)16(17(10)20)15(22)9-11-5-6-12-13(8-11)19(23)24-18(12,2)3/h4-8,23H,9H2,1-3H3. The maximum absolute atomic E-state index is 14.0. The Hall–Kier alpha value is -1.69. The molecular formula is C18H17BClFO3. The van der Waals surface area contributed by atoms with Crippen molar-refractivity contribution < 1.29 is 18.9 Å². The fraction of sp³-hybridized carbons (Fsp3) is 0.278. The van der Waals surface area contributed by atoms with E-state index in [1.165, 1.54) is 6.07 Å². The van der Waals surface area contributed by atoms with Gasteiger partial charge in [-0.3, -0.25) is 4.79 Å². The van der Waals surface area contributed by atoms with Crippen molar-refractivity contribution in [1.29, 1.82) is 0 Å². The molecule has 0 saturated carbocycles. The van der Waals surface area contributed by atoms with Crippen LogP contribution in [0.2, 0.25) is 5.02 Å². The molecule has 2 aromatic rings. The first kappa shape index (κ1) is 17.1. The Morgan fingerprint density at radius 3 is 2.75 bits per heavy atom. The summed E-state index contributed by atoms with van der Waals surface area (Å²) in [5.41, 5.74) is 2.18. The second-order valence-corrected chi connectivity index (χ2v) is 6.93. The molecule has 0 radical (unpaired) electrons. The number of Topliss-reactive ketones (excluding diaryl/α,β-unsaturated/α-hetero) is 1. The number of carbonyl (C=O) groups is 1. The Labute approximate surface area is 145 Å². The Balaban J connectivity index is 1.92. The molecule has 0 spiro atoms. The Bertz CT molecular complexity index is 835. The van der Waals surface area contributed by atoms with Gasteiger partial charge in [0.15, 0.2) is 5.78 Å². The highest BCUT2D eigenvalue weighted by Crippen LogP contribution is 2.30. The molecule has 3 rings (SSSR count). The average molecular weight is 347 g/mol. The van der Waals surface area contributed by atoms with Gasteiger partial charge in [-0.2, -0.15) is 0 Å². The molecule has 1 N–H and O–H groups in total. The molecule has 1 heterocycles. The Morgan fingerprint density at radius 1 is 1.33 bits per heavy atom. The minimum absolute atomic E-state index is 0.000518. The lowest BCUT2D eigenvalue weighted by atomic mass is 9.77. The fourth-order valence-corrected chi connectivity index (χ4v) is 3.33. The van der Waals surface area contributed by atoms with Crippen LogP contribution in [-0.2, 0) is 16.7 Å². The number of benzene rings is 2. The lowest BCUT2D eigenvalue weighted by molar-refractivity contribution is 0.0987. The third-order valence-electron chi connectivity index (χ3n) is 4.36. The molecule has 3 nitrogen and oxygen atoms in total. The van der Waals surface area contributed by atoms with Crippen LogP contribution in [0.5, 0.6) is 0 Å². The summed E-state index contributed by atoms with van der Waals surface area (Å²) in [6.07, 6.45) is 0.000518. The molecule has 2 aromatic carbocycles. The third kappa shape index (κ3) is 2.88. The van der Waals surface area contributed by atoms with Crippen LogP contribution < -0.4 is 5.46 Å². The number of rotatable bonds is 3. The number of fused-ring (bicyclic) bond motifs is 1. The van der Waals surface area contributed by atoms with E-state index in [4.69, 9.17) is 16.3 Å². The molecule has 0 aromatic heterocycles. The highest BCUT2D eigenvalue weighted by Gasteiger charge is 2.40. The van der Waals surface area contributed by atoms with Crippen molar-refractivity contribution in [3.8, 4) is 0 Å². The Kier molecular flexibility index (Phi) is 4.28. The molecule has 0 amide bonds. The molecule has 24 heavy (non-hydrogen) atoms. The number of hydrogen-bond donors (Lipinski definition) is 1. The summed E-state index contributed by atoms with van der Waals surface area (Å²) in [7, 11) is -1.02. The van der Waals surface area contributed by atoms with Gasteiger partial charge in [0.1, 0.15) is 5.82 Å². The molecule has 0 unspecified atom stereocenters. The van der Waals surface area contributed by atoms with Crippen molar-refractivity contribution in [2.24, 2.45) is 0 Å². The van der Waals surface area contributed by atoms with Gasteiger partial charge in [-0.25, -0.2) is 4.39 Å². The first-order chi connectivity index (χ1) is 11.2. The summed E-state index contributed by atoms with van der Waals surface area (Å²) in [6, 6.07) is 8.15. The summed E-state index contributed by atoms with van der Waals surface area (Å²) < 4.78 is 19.5. The van der Waals surface area contributed by atoms with Crippen molar-refractivity contribution in [2.75, 3.05) is 0 Å². The number of carbonyl (C=O) groups excluding carboxylic acids is 1. The van der Waals surface area contributed by atoms with Crippen LogP contribution in [0.25, 0.3) is 0 Å². The van der Waals surface area contributed by atoms with Crippen molar-refractivity contribution in [1.82, 2.24) is 0 Å². The maximum Gasteiger partial charge on any atom is 0.492 e. The molecule has 1 aliphatic heterocycles. The van der Waals surface area contributed by atoms with Gasteiger partial charge >= 0.3 is 7.12 Å². The van der Waals surface area contributed by atoms with E-state index < -0.39 is 24.3 Å². The minimum atomic E-state index is -1.02. The van der Waals surface area contributed by atoms with Gasteiger partial charge in [0, 0.05) is 6.42 Å². The second kappa shape index (κ2) is 5.99. The monoisotopic (exact) mass is 346 g/mol.